The molecule has 24 heavy (non-hydrogen) atoms. The number of ether oxygens (including phenoxy) is 1. The number of carbonyl (C=O) groups excluding carboxylic acids is 1. The van der Waals surface area contributed by atoms with Gasteiger partial charge >= 0.3 is 6.61 Å². The molecule has 0 radical (unpaired) electrons. The highest BCUT2D eigenvalue weighted by Gasteiger charge is 2.11. The number of nitrogens with one attached hydrogen (secondary N) is 1. The van der Waals surface area contributed by atoms with E-state index in [1.165, 1.54) is 12.1 Å². The molecule has 0 aliphatic rings. The molecular weight excluding hydrogens is 316 g/mol. The van der Waals surface area contributed by atoms with Crippen molar-refractivity contribution in [1.82, 2.24) is 5.32 Å². The van der Waals surface area contributed by atoms with Crippen LogP contribution < -0.4 is 10.1 Å². The fraction of sp³-hybridized carbons (Fsp3) is 0.278. The molecule has 2 N–H and O–H groups in total. The smallest absolute Gasteiger partial charge is 0.387 e. The predicted octanol–water partition coefficient (Wildman–Crippen LogP) is 3.80. The summed E-state index contributed by atoms with van der Waals surface area (Å²) >= 11 is 0. The molecule has 128 valence electrons. The van der Waals surface area contributed by atoms with E-state index >= 15 is 0 Å². The summed E-state index contributed by atoms with van der Waals surface area (Å²) in [4.78, 5) is 12.0. The van der Waals surface area contributed by atoms with Gasteiger partial charge in [0.05, 0.1) is 6.04 Å². The number of para-hydroxylation sites is 1. The number of halogens is 2. The van der Waals surface area contributed by atoms with Gasteiger partial charge in [-0.15, -0.1) is 0 Å². The summed E-state index contributed by atoms with van der Waals surface area (Å²) in [6.45, 7) is -1.05. The molecule has 1 amide bonds. The Hall–Kier alpha value is -2.63. The summed E-state index contributed by atoms with van der Waals surface area (Å²) < 4.78 is 28.5. The van der Waals surface area contributed by atoms with Gasteiger partial charge in [-0.25, -0.2) is 0 Å². The third-order valence-electron chi connectivity index (χ3n) is 3.60. The first-order valence-electron chi connectivity index (χ1n) is 7.56. The number of benzene rings is 2. The van der Waals surface area contributed by atoms with Crippen LogP contribution in [0.1, 0.15) is 30.5 Å². The fourth-order valence-corrected chi connectivity index (χ4v) is 2.31. The van der Waals surface area contributed by atoms with E-state index in [9.17, 15) is 18.7 Å². The van der Waals surface area contributed by atoms with E-state index in [-0.39, 0.29) is 29.9 Å². The average Bonchev–Trinajstić information content (AvgIpc) is 2.54. The monoisotopic (exact) mass is 335 g/mol. The van der Waals surface area contributed by atoms with Crippen molar-refractivity contribution in [2.45, 2.75) is 32.4 Å². The van der Waals surface area contributed by atoms with Gasteiger partial charge < -0.3 is 15.2 Å². The number of aromatic hydroxyl groups is 1. The summed E-state index contributed by atoms with van der Waals surface area (Å²) in [5.74, 6) is 0.0958. The van der Waals surface area contributed by atoms with Gasteiger partial charge in [-0.1, -0.05) is 30.3 Å². The summed E-state index contributed by atoms with van der Waals surface area (Å²) in [6, 6.07) is 12.8. The normalized spacial score (nSPS) is 12.0. The molecule has 0 saturated carbocycles. The topological polar surface area (TPSA) is 58.6 Å². The van der Waals surface area contributed by atoms with Gasteiger partial charge in [0.1, 0.15) is 11.5 Å². The minimum absolute atomic E-state index is 0.0758. The van der Waals surface area contributed by atoms with E-state index < -0.39 is 6.61 Å². The fourth-order valence-electron chi connectivity index (χ4n) is 2.31. The lowest BCUT2D eigenvalue weighted by atomic mass is 10.1. The third-order valence-corrected chi connectivity index (χ3v) is 3.60. The predicted molar refractivity (Wildman–Crippen MR) is 86.1 cm³/mol. The molecule has 2 aromatic carbocycles. The average molecular weight is 335 g/mol. The van der Waals surface area contributed by atoms with E-state index in [0.29, 0.717) is 12.0 Å². The highest BCUT2D eigenvalue weighted by atomic mass is 19.3. The molecule has 4 nitrogen and oxygen atoms in total. The van der Waals surface area contributed by atoms with Gasteiger partial charge in [0.15, 0.2) is 0 Å². The highest BCUT2D eigenvalue weighted by Crippen LogP contribution is 2.20. The number of phenolic OH excluding ortho intramolecular Hbond substituents is 1. The van der Waals surface area contributed by atoms with Gasteiger partial charge in [-0.3, -0.25) is 4.79 Å². The minimum atomic E-state index is -2.86. The lowest BCUT2D eigenvalue weighted by Crippen LogP contribution is -2.26. The molecule has 0 fully saturated rings. The van der Waals surface area contributed by atoms with Crippen LogP contribution in [0.25, 0.3) is 0 Å². The van der Waals surface area contributed by atoms with Crippen LogP contribution in [0.3, 0.4) is 0 Å². The molecule has 2 aromatic rings. The number of phenols is 1. The van der Waals surface area contributed by atoms with Gasteiger partial charge in [-0.05, 0) is 42.7 Å². The number of carbonyl (C=O) groups is 1. The number of amides is 1. The van der Waals surface area contributed by atoms with Gasteiger partial charge in [-0.2, -0.15) is 8.78 Å². The van der Waals surface area contributed by atoms with E-state index in [2.05, 4.69) is 10.1 Å². The van der Waals surface area contributed by atoms with E-state index in [0.717, 1.165) is 5.56 Å². The second kappa shape index (κ2) is 8.29. The molecule has 0 aliphatic carbocycles. The third kappa shape index (κ3) is 5.22. The van der Waals surface area contributed by atoms with Crippen molar-refractivity contribution >= 4 is 5.91 Å². The Morgan fingerprint density at radius 1 is 1.17 bits per heavy atom. The van der Waals surface area contributed by atoms with Gasteiger partial charge in [0.25, 0.3) is 0 Å². The summed E-state index contributed by atoms with van der Waals surface area (Å²) in [5, 5.41) is 12.5. The van der Waals surface area contributed by atoms with Crippen molar-refractivity contribution in [2.75, 3.05) is 0 Å². The van der Waals surface area contributed by atoms with E-state index in [1.807, 2.05) is 0 Å². The summed E-state index contributed by atoms with van der Waals surface area (Å²) in [7, 11) is 0. The number of aryl methyl sites for hydroxylation is 1. The maximum Gasteiger partial charge on any atom is 0.387 e. The van der Waals surface area contributed by atoms with Crippen molar-refractivity contribution in [3.8, 4) is 11.5 Å². The number of hydrogen-bond donors (Lipinski definition) is 2. The molecule has 0 aliphatic heterocycles. The lowest BCUT2D eigenvalue weighted by Gasteiger charge is -2.15. The molecule has 0 aromatic heterocycles. The number of hydrogen-bond acceptors (Lipinski definition) is 3. The second-order valence-electron chi connectivity index (χ2n) is 5.37. The first kappa shape index (κ1) is 17.7. The molecule has 0 saturated heterocycles. The Balaban J connectivity index is 1.86. The Bertz CT molecular complexity index is 674. The maximum atomic E-state index is 12.1. The zero-order valence-electron chi connectivity index (χ0n) is 13.2. The summed E-state index contributed by atoms with van der Waals surface area (Å²) in [5.41, 5.74) is 1.50. The van der Waals surface area contributed by atoms with Crippen LogP contribution in [-0.4, -0.2) is 17.6 Å². The number of alkyl halides is 2. The first-order chi connectivity index (χ1) is 11.5. The first-order valence-corrected chi connectivity index (χ1v) is 7.56. The van der Waals surface area contributed by atoms with Crippen molar-refractivity contribution in [2.24, 2.45) is 0 Å². The standard InChI is InChI=1S/C18H19F2NO3/c1-12(13-6-9-15(10-7-13)24-18(19)20)21-17(23)11-8-14-4-2-3-5-16(14)22/h2-7,9-10,12,18,22H,8,11H2,1H3,(H,21,23). The van der Waals surface area contributed by atoms with Crippen LogP contribution in [0.5, 0.6) is 11.5 Å². The van der Waals surface area contributed by atoms with Crippen LogP contribution in [0.2, 0.25) is 0 Å². The van der Waals surface area contributed by atoms with Crippen molar-refractivity contribution in [1.29, 1.82) is 0 Å². The van der Waals surface area contributed by atoms with Crippen LogP contribution >= 0.6 is 0 Å². The SMILES string of the molecule is CC(NC(=O)CCc1ccccc1O)c1ccc(OC(F)F)cc1. The van der Waals surface area contributed by atoms with Crippen LogP contribution in [0, 0.1) is 0 Å². The number of rotatable bonds is 7. The molecule has 1 atom stereocenters. The largest absolute Gasteiger partial charge is 0.508 e. The van der Waals surface area contributed by atoms with Gasteiger partial charge in [0.2, 0.25) is 5.91 Å². The van der Waals surface area contributed by atoms with E-state index in [1.54, 1.807) is 43.3 Å². The van der Waals surface area contributed by atoms with E-state index in [4.69, 9.17) is 0 Å². The second-order valence-corrected chi connectivity index (χ2v) is 5.37. The maximum absolute atomic E-state index is 12.1. The minimum Gasteiger partial charge on any atom is -0.508 e. The lowest BCUT2D eigenvalue weighted by molar-refractivity contribution is -0.121. The molecule has 0 bridgehead atoms. The zero-order valence-corrected chi connectivity index (χ0v) is 13.2. The van der Waals surface area contributed by atoms with Gasteiger partial charge in [0, 0.05) is 6.42 Å². The zero-order chi connectivity index (χ0) is 17.5. The Labute approximate surface area is 139 Å². The molecule has 1 unspecified atom stereocenters. The molecule has 0 spiro atoms. The van der Waals surface area contributed by atoms with Crippen molar-refractivity contribution in [3.05, 3.63) is 59.7 Å². The Kier molecular flexibility index (Phi) is 6.12. The molecule has 0 heterocycles. The van der Waals surface area contributed by atoms with Crippen LogP contribution in [0.15, 0.2) is 48.5 Å². The molecule has 6 heteroatoms. The molecule has 2 rings (SSSR count). The van der Waals surface area contributed by atoms with Crippen molar-refractivity contribution < 1.29 is 23.4 Å². The Morgan fingerprint density at radius 2 is 1.83 bits per heavy atom. The summed E-state index contributed by atoms with van der Waals surface area (Å²) in [6.07, 6.45) is 0.681. The quantitative estimate of drug-likeness (QED) is 0.809. The molecular formula is C18H19F2NO3. The van der Waals surface area contributed by atoms with Crippen LogP contribution in [0.4, 0.5) is 8.78 Å². The Morgan fingerprint density at radius 3 is 2.46 bits per heavy atom. The van der Waals surface area contributed by atoms with Crippen molar-refractivity contribution in [3.63, 3.8) is 0 Å². The van der Waals surface area contributed by atoms with Crippen LogP contribution in [-0.2, 0) is 11.2 Å². The highest BCUT2D eigenvalue weighted by molar-refractivity contribution is 5.76.